The zero-order chi connectivity index (χ0) is 9.97. The Balaban J connectivity index is 2.19. The number of phenols is 1. The number of benzene rings is 1. The van der Waals surface area contributed by atoms with E-state index in [-0.39, 0.29) is 17.8 Å². The van der Waals surface area contributed by atoms with Crippen molar-refractivity contribution < 1.29 is 14.6 Å². The second kappa shape index (κ2) is 3.54. The van der Waals surface area contributed by atoms with Crippen LogP contribution in [0.4, 0.5) is 0 Å². The van der Waals surface area contributed by atoms with E-state index in [2.05, 4.69) is 0 Å². The molecule has 1 aromatic rings. The minimum Gasteiger partial charge on any atom is -0.508 e. The van der Waals surface area contributed by atoms with Crippen LogP contribution in [-0.4, -0.2) is 11.1 Å². The van der Waals surface area contributed by atoms with Crippen LogP contribution in [0, 0.1) is 0 Å². The summed E-state index contributed by atoms with van der Waals surface area (Å²) in [4.78, 5) is 11.0. The molecule has 1 atom stereocenters. The number of ether oxygens (including phenoxy) is 1. The first-order valence-electron chi connectivity index (χ1n) is 4.42. The molecule has 0 saturated carbocycles. The molecule has 1 aromatic carbocycles. The van der Waals surface area contributed by atoms with E-state index in [4.69, 9.17) is 9.84 Å². The average Bonchev–Trinajstić information content (AvgIpc) is 2.19. The summed E-state index contributed by atoms with van der Waals surface area (Å²) < 4.78 is 5.10. The third-order valence-corrected chi connectivity index (χ3v) is 2.13. The van der Waals surface area contributed by atoms with E-state index in [1.165, 1.54) is 6.08 Å². The highest BCUT2D eigenvalue weighted by Crippen LogP contribution is 2.26. The highest BCUT2D eigenvalue weighted by atomic mass is 16.5. The van der Waals surface area contributed by atoms with Crippen LogP contribution >= 0.6 is 0 Å². The summed E-state index contributed by atoms with van der Waals surface area (Å²) in [6.07, 6.45) is 3.70. The lowest BCUT2D eigenvalue weighted by atomic mass is 10.0. The number of esters is 1. The lowest BCUT2D eigenvalue weighted by Crippen LogP contribution is -2.12. The van der Waals surface area contributed by atoms with Crippen molar-refractivity contribution >= 4 is 5.97 Å². The Bertz CT molecular complexity index is 365. The van der Waals surface area contributed by atoms with Crippen molar-refractivity contribution in [1.82, 2.24) is 0 Å². The molecule has 1 aliphatic rings. The van der Waals surface area contributed by atoms with Crippen LogP contribution in [0.1, 0.15) is 18.1 Å². The van der Waals surface area contributed by atoms with E-state index < -0.39 is 0 Å². The van der Waals surface area contributed by atoms with Crippen molar-refractivity contribution in [2.45, 2.75) is 12.5 Å². The van der Waals surface area contributed by atoms with Gasteiger partial charge in [0.25, 0.3) is 0 Å². The molecule has 72 valence electrons. The largest absolute Gasteiger partial charge is 0.508 e. The van der Waals surface area contributed by atoms with Crippen molar-refractivity contribution in [3.05, 3.63) is 42.0 Å². The van der Waals surface area contributed by atoms with Crippen molar-refractivity contribution in [2.75, 3.05) is 0 Å². The number of aromatic hydroxyl groups is 1. The van der Waals surface area contributed by atoms with Gasteiger partial charge in [0, 0.05) is 12.5 Å². The van der Waals surface area contributed by atoms with Gasteiger partial charge in [-0.3, -0.25) is 0 Å². The van der Waals surface area contributed by atoms with Gasteiger partial charge in [-0.2, -0.15) is 0 Å². The summed E-state index contributed by atoms with van der Waals surface area (Å²) in [7, 11) is 0. The standard InChI is InChI=1S/C11H10O3/c12-9-6-4-8(5-7-9)10-2-1-3-11(13)14-10/h1,3-7,10,12H,2H2. The molecular weight excluding hydrogens is 180 g/mol. The van der Waals surface area contributed by atoms with Gasteiger partial charge in [-0.25, -0.2) is 4.79 Å². The maximum atomic E-state index is 11.0. The summed E-state index contributed by atoms with van der Waals surface area (Å²) in [5.41, 5.74) is 0.903. The van der Waals surface area contributed by atoms with Gasteiger partial charge < -0.3 is 9.84 Å². The Kier molecular flexibility index (Phi) is 2.23. The average molecular weight is 190 g/mol. The Morgan fingerprint density at radius 2 is 2.00 bits per heavy atom. The molecule has 0 saturated heterocycles. The van der Waals surface area contributed by atoms with E-state index in [1.54, 1.807) is 30.3 Å². The number of carbonyl (C=O) groups excluding carboxylic acids is 1. The van der Waals surface area contributed by atoms with Crippen molar-refractivity contribution in [3.8, 4) is 5.75 Å². The number of hydrogen-bond acceptors (Lipinski definition) is 3. The van der Waals surface area contributed by atoms with Gasteiger partial charge in [-0.05, 0) is 17.7 Å². The lowest BCUT2D eigenvalue weighted by Gasteiger charge is -2.18. The Morgan fingerprint density at radius 1 is 1.29 bits per heavy atom. The minimum atomic E-state index is -0.311. The predicted molar refractivity (Wildman–Crippen MR) is 50.7 cm³/mol. The van der Waals surface area contributed by atoms with E-state index in [0.717, 1.165) is 5.56 Å². The van der Waals surface area contributed by atoms with Crippen LogP contribution in [0.5, 0.6) is 5.75 Å². The molecule has 0 bridgehead atoms. The van der Waals surface area contributed by atoms with Crippen LogP contribution < -0.4 is 0 Å². The first kappa shape index (κ1) is 8.81. The molecule has 1 unspecified atom stereocenters. The quantitative estimate of drug-likeness (QED) is 0.688. The molecule has 0 radical (unpaired) electrons. The van der Waals surface area contributed by atoms with Gasteiger partial charge in [0.2, 0.25) is 0 Å². The molecule has 1 heterocycles. The van der Waals surface area contributed by atoms with Crippen molar-refractivity contribution in [2.24, 2.45) is 0 Å². The van der Waals surface area contributed by atoms with Crippen LogP contribution in [0.2, 0.25) is 0 Å². The van der Waals surface area contributed by atoms with Crippen molar-refractivity contribution in [1.29, 1.82) is 0 Å². The van der Waals surface area contributed by atoms with Crippen LogP contribution in [-0.2, 0) is 9.53 Å². The number of phenolic OH excluding ortho intramolecular Hbond substituents is 1. The maximum Gasteiger partial charge on any atom is 0.331 e. The highest BCUT2D eigenvalue weighted by molar-refractivity contribution is 5.82. The maximum absolute atomic E-state index is 11.0. The highest BCUT2D eigenvalue weighted by Gasteiger charge is 2.17. The summed E-state index contributed by atoms with van der Waals surface area (Å²) >= 11 is 0. The van der Waals surface area contributed by atoms with Crippen LogP contribution in [0.25, 0.3) is 0 Å². The fourth-order valence-corrected chi connectivity index (χ4v) is 1.41. The zero-order valence-electron chi connectivity index (χ0n) is 7.51. The molecule has 0 aliphatic carbocycles. The molecule has 0 fully saturated rings. The van der Waals surface area contributed by atoms with Crippen LogP contribution in [0.15, 0.2) is 36.4 Å². The number of rotatable bonds is 1. The SMILES string of the molecule is O=C1C=CCC(c2ccc(O)cc2)O1. The van der Waals surface area contributed by atoms with Crippen LogP contribution in [0.3, 0.4) is 0 Å². The fourth-order valence-electron chi connectivity index (χ4n) is 1.41. The lowest BCUT2D eigenvalue weighted by molar-refractivity contribution is -0.144. The topological polar surface area (TPSA) is 46.5 Å². The summed E-state index contributed by atoms with van der Waals surface area (Å²) in [6, 6.07) is 6.68. The Morgan fingerprint density at radius 3 is 2.64 bits per heavy atom. The van der Waals surface area contributed by atoms with E-state index in [1.807, 2.05) is 0 Å². The molecular formula is C11H10O3. The molecule has 0 spiro atoms. The molecule has 0 aromatic heterocycles. The zero-order valence-corrected chi connectivity index (χ0v) is 7.51. The first-order chi connectivity index (χ1) is 6.75. The van der Waals surface area contributed by atoms with E-state index >= 15 is 0 Å². The minimum absolute atomic E-state index is 0.214. The summed E-state index contributed by atoms with van der Waals surface area (Å²) in [5.74, 6) is -0.0965. The molecule has 3 heteroatoms. The normalized spacial score (nSPS) is 20.6. The monoisotopic (exact) mass is 190 g/mol. The number of cyclic esters (lactones) is 1. The third-order valence-electron chi connectivity index (χ3n) is 2.13. The molecule has 3 nitrogen and oxygen atoms in total. The molecule has 2 rings (SSSR count). The van der Waals surface area contributed by atoms with E-state index in [9.17, 15) is 4.79 Å². The molecule has 14 heavy (non-hydrogen) atoms. The van der Waals surface area contributed by atoms with Crippen molar-refractivity contribution in [3.63, 3.8) is 0 Å². The van der Waals surface area contributed by atoms with Gasteiger partial charge >= 0.3 is 5.97 Å². The van der Waals surface area contributed by atoms with Gasteiger partial charge in [-0.15, -0.1) is 0 Å². The van der Waals surface area contributed by atoms with Gasteiger partial charge in [0.1, 0.15) is 11.9 Å². The Labute approximate surface area is 81.6 Å². The first-order valence-corrected chi connectivity index (χ1v) is 4.42. The molecule has 0 amide bonds. The second-order valence-corrected chi connectivity index (χ2v) is 3.16. The summed E-state index contributed by atoms with van der Waals surface area (Å²) in [5, 5.41) is 9.09. The van der Waals surface area contributed by atoms with Gasteiger partial charge in [0.15, 0.2) is 0 Å². The fraction of sp³-hybridized carbons (Fsp3) is 0.182. The molecule has 1 aliphatic heterocycles. The predicted octanol–water partition coefficient (Wildman–Crippen LogP) is 1.94. The number of hydrogen-bond donors (Lipinski definition) is 1. The molecule has 1 N–H and O–H groups in total. The smallest absolute Gasteiger partial charge is 0.331 e. The third kappa shape index (κ3) is 1.76. The van der Waals surface area contributed by atoms with Gasteiger partial charge in [-0.1, -0.05) is 18.2 Å². The van der Waals surface area contributed by atoms with E-state index in [0.29, 0.717) is 6.42 Å². The Hall–Kier alpha value is -1.77. The second-order valence-electron chi connectivity index (χ2n) is 3.16. The van der Waals surface area contributed by atoms with Gasteiger partial charge in [0.05, 0.1) is 0 Å². The number of carbonyl (C=O) groups is 1. The summed E-state index contributed by atoms with van der Waals surface area (Å²) in [6.45, 7) is 0.